The number of carbonyl (C=O) groups excluding carboxylic acids is 1. The summed E-state index contributed by atoms with van der Waals surface area (Å²) in [6.45, 7) is 14.3. The number of anilines is 1. The van der Waals surface area contributed by atoms with Gasteiger partial charge in [-0.1, -0.05) is 25.1 Å². The monoisotopic (exact) mass is 433 g/mol. The number of hydrogen-bond acceptors (Lipinski definition) is 4. The Morgan fingerprint density at radius 2 is 2.03 bits per heavy atom. The first-order valence-corrected chi connectivity index (χ1v) is 11.8. The van der Waals surface area contributed by atoms with Crippen molar-refractivity contribution in [2.75, 3.05) is 11.4 Å². The molecule has 1 saturated heterocycles. The van der Waals surface area contributed by atoms with E-state index in [9.17, 15) is 4.79 Å². The summed E-state index contributed by atoms with van der Waals surface area (Å²) in [7, 11) is 0. The molecule has 4 nitrogen and oxygen atoms in total. The van der Waals surface area contributed by atoms with Crippen LogP contribution in [-0.2, 0) is 4.79 Å². The topological polar surface area (TPSA) is 44.7 Å². The second-order valence-corrected chi connectivity index (χ2v) is 10.2. The van der Waals surface area contributed by atoms with Crippen molar-refractivity contribution in [3.8, 4) is 0 Å². The van der Waals surface area contributed by atoms with Crippen molar-refractivity contribution in [2.24, 2.45) is 4.99 Å². The van der Waals surface area contributed by atoms with Crippen LogP contribution in [0.15, 0.2) is 46.3 Å². The fourth-order valence-corrected chi connectivity index (χ4v) is 5.63. The molecule has 1 atom stereocenters. The minimum atomic E-state index is -0.0869. The maximum Gasteiger partial charge on any atom is 0.264 e. The number of aryl methyl sites for hydroxylation is 1. The molecule has 1 N–H and O–H groups in total. The van der Waals surface area contributed by atoms with E-state index in [4.69, 9.17) is 0 Å². The molecule has 0 radical (unpaired) electrons. The van der Waals surface area contributed by atoms with Crippen LogP contribution in [0.3, 0.4) is 0 Å². The molecule has 2 aromatic rings. The molecule has 5 heteroatoms. The smallest absolute Gasteiger partial charge is 0.264 e. The highest BCUT2D eigenvalue weighted by Gasteiger charge is 2.35. The first kappa shape index (κ1) is 21.7. The lowest BCUT2D eigenvalue weighted by Crippen LogP contribution is -2.48. The van der Waals surface area contributed by atoms with Gasteiger partial charge in [0, 0.05) is 17.8 Å². The van der Waals surface area contributed by atoms with Crippen molar-refractivity contribution in [3.63, 3.8) is 0 Å². The number of thioether (sulfide) groups is 1. The Morgan fingerprint density at radius 1 is 1.26 bits per heavy atom. The van der Waals surface area contributed by atoms with Gasteiger partial charge in [-0.2, -0.15) is 0 Å². The van der Waals surface area contributed by atoms with Gasteiger partial charge in [0.2, 0.25) is 0 Å². The summed E-state index contributed by atoms with van der Waals surface area (Å²) in [6, 6.07) is 12.6. The number of fused-ring (bicyclic) bond motifs is 1. The Bertz CT molecular complexity index is 1100. The number of hydrogen-bond donors (Lipinski definition) is 1. The van der Waals surface area contributed by atoms with Crippen LogP contribution in [0.2, 0.25) is 0 Å². The van der Waals surface area contributed by atoms with Crippen LogP contribution >= 0.6 is 11.8 Å². The molecule has 1 fully saturated rings. The second-order valence-electron chi connectivity index (χ2n) is 9.18. The van der Waals surface area contributed by atoms with E-state index in [1.165, 1.54) is 28.6 Å². The van der Waals surface area contributed by atoms with E-state index in [1.54, 1.807) is 0 Å². The Hall–Kier alpha value is -2.53. The van der Waals surface area contributed by atoms with Gasteiger partial charge in [-0.25, -0.2) is 4.99 Å². The molecule has 2 aliphatic rings. The van der Waals surface area contributed by atoms with E-state index in [-0.39, 0.29) is 11.4 Å². The van der Waals surface area contributed by atoms with Crippen molar-refractivity contribution >= 4 is 40.3 Å². The van der Waals surface area contributed by atoms with Gasteiger partial charge < -0.3 is 10.2 Å². The molecular weight excluding hydrogens is 402 g/mol. The van der Waals surface area contributed by atoms with Gasteiger partial charge in [-0.3, -0.25) is 4.79 Å². The average molecular weight is 434 g/mol. The molecule has 162 valence electrons. The zero-order valence-corrected chi connectivity index (χ0v) is 20.1. The van der Waals surface area contributed by atoms with E-state index in [1.807, 2.05) is 18.2 Å². The molecule has 0 bridgehead atoms. The van der Waals surface area contributed by atoms with Gasteiger partial charge in [-0.05, 0) is 105 Å². The summed E-state index contributed by atoms with van der Waals surface area (Å²) in [5, 5.41) is 3.55. The van der Waals surface area contributed by atoms with Crippen LogP contribution in [0.4, 0.5) is 11.4 Å². The molecule has 0 aliphatic carbocycles. The number of amidine groups is 1. The molecule has 0 saturated carbocycles. The fraction of sp³-hybridized carbons (Fsp3) is 0.385. The van der Waals surface area contributed by atoms with Crippen LogP contribution in [-0.4, -0.2) is 23.2 Å². The normalized spacial score (nSPS) is 22.7. The van der Waals surface area contributed by atoms with E-state index in [0.717, 1.165) is 29.8 Å². The number of aliphatic imine (C=N–C) groups is 1. The van der Waals surface area contributed by atoms with Crippen molar-refractivity contribution in [3.05, 3.63) is 63.6 Å². The van der Waals surface area contributed by atoms with E-state index in [2.05, 4.69) is 81.0 Å². The molecular formula is C26H31N3OS. The van der Waals surface area contributed by atoms with Gasteiger partial charge in [0.15, 0.2) is 5.17 Å². The van der Waals surface area contributed by atoms with Crippen molar-refractivity contribution in [1.29, 1.82) is 0 Å². The van der Waals surface area contributed by atoms with Crippen LogP contribution in [0.5, 0.6) is 0 Å². The first-order chi connectivity index (χ1) is 14.7. The van der Waals surface area contributed by atoms with Crippen molar-refractivity contribution < 1.29 is 4.79 Å². The van der Waals surface area contributed by atoms with Gasteiger partial charge in [0.1, 0.15) is 0 Å². The standard InChI is InChI=1S/C26H31N3OS/c1-7-29-22-12-11-19(13-20(22)17(3)15-26(29,5)6)14-23-24(30)28-25(31-23)27-21-10-8-9-16(2)18(21)4/h8-14,17H,7,15H2,1-6H3,(H,27,28,30)/b23-14-. The highest BCUT2D eigenvalue weighted by Crippen LogP contribution is 2.43. The zero-order chi connectivity index (χ0) is 22.3. The molecule has 4 rings (SSSR count). The van der Waals surface area contributed by atoms with Gasteiger partial charge in [0.25, 0.3) is 5.91 Å². The molecule has 2 aliphatic heterocycles. The quantitative estimate of drug-likeness (QED) is 0.577. The van der Waals surface area contributed by atoms with Crippen LogP contribution in [0, 0.1) is 13.8 Å². The van der Waals surface area contributed by atoms with Gasteiger partial charge >= 0.3 is 0 Å². The number of amides is 1. The van der Waals surface area contributed by atoms with Crippen LogP contribution in [0.1, 0.15) is 62.3 Å². The molecule has 0 spiro atoms. The highest BCUT2D eigenvalue weighted by molar-refractivity contribution is 8.18. The third-order valence-corrected chi connectivity index (χ3v) is 7.38. The Balaban J connectivity index is 1.62. The minimum absolute atomic E-state index is 0.0869. The Labute approximate surface area is 189 Å². The van der Waals surface area contributed by atoms with E-state index in [0.29, 0.717) is 16.0 Å². The lowest BCUT2D eigenvalue weighted by atomic mass is 9.79. The molecule has 2 heterocycles. The van der Waals surface area contributed by atoms with Crippen LogP contribution in [0.25, 0.3) is 6.08 Å². The summed E-state index contributed by atoms with van der Waals surface area (Å²) in [4.78, 5) is 20.4. The molecule has 1 unspecified atom stereocenters. The first-order valence-electron chi connectivity index (χ1n) is 11.0. The van der Waals surface area contributed by atoms with Crippen LogP contribution < -0.4 is 10.2 Å². The summed E-state index contributed by atoms with van der Waals surface area (Å²) in [6.07, 6.45) is 3.10. The van der Waals surface area contributed by atoms with Gasteiger partial charge in [-0.15, -0.1) is 0 Å². The molecule has 1 amide bonds. The Kier molecular flexibility index (Phi) is 5.73. The third kappa shape index (κ3) is 4.16. The summed E-state index contributed by atoms with van der Waals surface area (Å²) in [5.74, 6) is 0.397. The van der Waals surface area contributed by atoms with E-state index < -0.39 is 0 Å². The predicted molar refractivity (Wildman–Crippen MR) is 133 cm³/mol. The number of benzene rings is 2. The maximum absolute atomic E-state index is 12.6. The van der Waals surface area contributed by atoms with E-state index >= 15 is 0 Å². The lowest BCUT2D eigenvalue weighted by Gasteiger charge is -2.47. The largest absolute Gasteiger partial charge is 0.366 e. The second kappa shape index (κ2) is 8.19. The lowest BCUT2D eigenvalue weighted by molar-refractivity contribution is -0.115. The third-order valence-electron chi connectivity index (χ3n) is 6.47. The summed E-state index contributed by atoms with van der Waals surface area (Å²) in [5.41, 5.74) is 7.12. The van der Waals surface area contributed by atoms with Crippen molar-refractivity contribution in [2.45, 2.75) is 59.4 Å². The SMILES string of the molecule is CCN1c2ccc(/C=C3\SC(=Nc4cccc(C)c4C)NC3=O)cc2C(C)CC1(C)C. The number of carbonyl (C=O) groups is 1. The molecule has 2 aromatic carbocycles. The minimum Gasteiger partial charge on any atom is -0.366 e. The predicted octanol–water partition coefficient (Wildman–Crippen LogP) is 6.31. The number of rotatable bonds is 3. The number of nitrogens with one attached hydrogen (secondary N) is 1. The average Bonchev–Trinajstić information content (AvgIpc) is 3.04. The summed E-state index contributed by atoms with van der Waals surface area (Å²) < 4.78 is 0. The molecule has 0 aromatic heterocycles. The molecule has 31 heavy (non-hydrogen) atoms. The maximum atomic E-state index is 12.6. The number of nitrogens with zero attached hydrogens (tertiary/aromatic N) is 2. The Morgan fingerprint density at radius 3 is 2.77 bits per heavy atom. The fourth-order valence-electron chi connectivity index (χ4n) is 4.80. The van der Waals surface area contributed by atoms with Gasteiger partial charge in [0.05, 0.1) is 10.6 Å². The van der Waals surface area contributed by atoms with Crippen molar-refractivity contribution in [1.82, 2.24) is 5.32 Å². The zero-order valence-electron chi connectivity index (χ0n) is 19.2. The highest BCUT2D eigenvalue weighted by atomic mass is 32.2. The summed E-state index contributed by atoms with van der Waals surface area (Å²) >= 11 is 1.41.